The molecule has 0 spiro atoms. The van der Waals surface area contributed by atoms with Gasteiger partial charge < -0.3 is 9.88 Å². The molecule has 0 saturated heterocycles. The lowest BCUT2D eigenvalue weighted by Gasteiger charge is -2.08. The maximum Gasteiger partial charge on any atom is 0.0951 e. The van der Waals surface area contributed by atoms with Crippen LogP contribution in [-0.4, -0.2) is 28.1 Å². The van der Waals surface area contributed by atoms with Crippen molar-refractivity contribution in [2.75, 3.05) is 18.6 Å². The van der Waals surface area contributed by atoms with E-state index < -0.39 is 0 Å². The number of hydrogen-bond acceptors (Lipinski definition) is 3. The summed E-state index contributed by atoms with van der Waals surface area (Å²) in [7, 11) is 0. The van der Waals surface area contributed by atoms with Gasteiger partial charge in [-0.25, -0.2) is 4.98 Å². The second-order valence-corrected chi connectivity index (χ2v) is 6.09. The van der Waals surface area contributed by atoms with Crippen molar-refractivity contribution in [1.82, 2.24) is 14.9 Å². The molecule has 1 aromatic rings. The standard InChI is InChI=1S/C14H25N3S/c1-18-9-5-3-2-4-8-15-10-14-11-16-12-17(14)13-6-7-13/h11-13,15H,2-10H2,1H3. The number of rotatable bonds is 10. The Balaban J connectivity index is 1.51. The van der Waals surface area contributed by atoms with Gasteiger partial charge in [-0.1, -0.05) is 12.8 Å². The Kier molecular flexibility index (Phi) is 6.08. The summed E-state index contributed by atoms with van der Waals surface area (Å²) in [6, 6.07) is 0.746. The summed E-state index contributed by atoms with van der Waals surface area (Å²) in [5.74, 6) is 1.31. The molecule has 0 aliphatic heterocycles. The van der Waals surface area contributed by atoms with Crippen LogP contribution in [0.5, 0.6) is 0 Å². The minimum Gasteiger partial charge on any atom is -0.330 e. The van der Waals surface area contributed by atoms with Crippen LogP contribution in [0.4, 0.5) is 0 Å². The van der Waals surface area contributed by atoms with Gasteiger partial charge in [-0.3, -0.25) is 0 Å². The number of imidazole rings is 1. The zero-order valence-electron chi connectivity index (χ0n) is 11.4. The second kappa shape index (κ2) is 7.85. The number of nitrogens with zero attached hydrogens (tertiary/aromatic N) is 2. The van der Waals surface area contributed by atoms with Gasteiger partial charge in [0.1, 0.15) is 0 Å². The van der Waals surface area contributed by atoms with E-state index in [1.165, 1.54) is 50.0 Å². The molecular formula is C14H25N3S. The lowest BCUT2D eigenvalue weighted by Crippen LogP contribution is -2.17. The molecule has 1 fully saturated rings. The molecule has 0 radical (unpaired) electrons. The highest BCUT2D eigenvalue weighted by Gasteiger charge is 2.24. The predicted molar refractivity (Wildman–Crippen MR) is 79.1 cm³/mol. The first-order valence-electron chi connectivity index (χ1n) is 7.12. The molecule has 1 saturated carbocycles. The highest BCUT2D eigenvalue weighted by molar-refractivity contribution is 7.98. The SMILES string of the molecule is CSCCCCCCNCc1cncn1C1CC1. The van der Waals surface area contributed by atoms with E-state index >= 15 is 0 Å². The average Bonchev–Trinajstić information content (AvgIpc) is 3.12. The lowest BCUT2D eigenvalue weighted by molar-refractivity contribution is 0.576. The fourth-order valence-corrected chi connectivity index (χ4v) is 2.71. The first-order chi connectivity index (χ1) is 8.92. The molecule has 1 N–H and O–H groups in total. The zero-order chi connectivity index (χ0) is 12.6. The zero-order valence-corrected chi connectivity index (χ0v) is 12.2. The number of aromatic nitrogens is 2. The topological polar surface area (TPSA) is 29.9 Å². The maximum absolute atomic E-state index is 4.25. The lowest BCUT2D eigenvalue weighted by atomic mass is 10.2. The van der Waals surface area contributed by atoms with E-state index in [1.54, 1.807) is 0 Å². The molecule has 18 heavy (non-hydrogen) atoms. The van der Waals surface area contributed by atoms with Crippen molar-refractivity contribution in [1.29, 1.82) is 0 Å². The Morgan fingerprint density at radius 2 is 2.17 bits per heavy atom. The van der Waals surface area contributed by atoms with Crippen LogP contribution in [0, 0.1) is 0 Å². The van der Waals surface area contributed by atoms with Crippen molar-refractivity contribution in [2.45, 2.75) is 51.1 Å². The van der Waals surface area contributed by atoms with Gasteiger partial charge in [0.25, 0.3) is 0 Å². The Bertz CT molecular complexity index is 334. The third kappa shape index (κ3) is 4.65. The molecule has 0 bridgehead atoms. The minimum atomic E-state index is 0.746. The molecular weight excluding hydrogens is 242 g/mol. The number of nitrogens with one attached hydrogen (secondary N) is 1. The second-order valence-electron chi connectivity index (χ2n) is 5.11. The van der Waals surface area contributed by atoms with Gasteiger partial charge in [-0.15, -0.1) is 0 Å². The largest absolute Gasteiger partial charge is 0.330 e. The first-order valence-corrected chi connectivity index (χ1v) is 8.51. The minimum absolute atomic E-state index is 0.746. The van der Waals surface area contributed by atoms with Gasteiger partial charge in [0.05, 0.1) is 12.0 Å². The number of unbranched alkanes of at least 4 members (excludes halogenated alkanes) is 3. The molecule has 0 aromatic carbocycles. The monoisotopic (exact) mass is 267 g/mol. The Hall–Kier alpha value is -0.480. The van der Waals surface area contributed by atoms with Crippen LogP contribution in [0.1, 0.15) is 50.3 Å². The first kappa shape index (κ1) is 13.9. The smallest absolute Gasteiger partial charge is 0.0951 e. The summed E-state index contributed by atoms with van der Waals surface area (Å²) in [5.41, 5.74) is 1.35. The Morgan fingerprint density at radius 1 is 1.33 bits per heavy atom. The molecule has 1 aliphatic rings. The van der Waals surface area contributed by atoms with Crippen LogP contribution in [-0.2, 0) is 6.54 Å². The summed E-state index contributed by atoms with van der Waals surface area (Å²) in [6.07, 6.45) is 14.2. The van der Waals surface area contributed by atoms with E-state index in [-0.39, 0.29) is 0 Å². The molecule has 4 heteroatoms. The summed E-state index contributed by atoms with van der Waals surface area (Å²) in [5, 5.41) is 3.54. The summed E-state index contributed by atoms with van der Waals surface area (Å²) < 4.78 is 2.34. The number of thioether (sulfide) groups is 1. The van der Waals surface area contributed by atoms with Crippen LogP contribution in [0.2, 0.25) is 0 Å². The van der Waals surface area contributed by atoms with Crippen LogP contribution < -0.4 is 5.32 Å². The maximum atomic E-state index is 4.25. The summed E-state index contributed by atoms with van der Waals surface area (Å²) in [4.78, 5) is 4.25. The molecule has 3 nitrogen and oxygen atoms in total. The molecule has 1 aromatic heterocycles. The molecule has 0 unspecified atom stereocenters. The van der Waals surface area contributed by atoms with Crippen molar-refractivity contribution in [3.05, 3.63) is 18.2 Å². The van der Waals surface area contributed by atoms with E-state index in [4.69, 9.17) is 0 Å². The Labute approximate surface area is 115 Å². The summed E-state index contributed by atoms with van der Waals surface area (Å²) >= 11 is 1.95. The van der Waals surface area contributed by atoms with Crippen LogP contribution in [0.15, 0.2) is 12.5 Å². The van der Waals surface area contributed by atoms with E-state index in [1.807, 2.05) is 24.3 Å². The van der Waals surface area contributed by atoms with Crippen molar-refractivity contribution in [2.24, 2.45) is 0 Å². The highest BCUT2D eigenvalue weighted by Crippen LogP contribution is 2.35. The quantitative estimate of drug-likeness (QED) is 0.660. The molecule has 1 heterocycles. The van der Waals surface area contributed by atoms with Crippen LogP contribution in [0.25, 0.3) is 0 Å². The van der Waals surface area contributed by atoms with Crippen LogP contribution >= 0.6 is 11.8 Å². The number of hydrogen-bond donors (Lipinski definition) is 1. The highest BCUT2D eigenvalue weighted by atomic mass is 32.2. The molecule has 1 aliphatic carbocycles. The van der Waals surface area contributed by atoms with E-state index in [9.17, 15) is 0 Å². The van der Waals surface area contributed by atoms with Crippen molar-refractivity contribution >= 4 is 11.8 Å². The van der Waals surface area contributed by atoms with Gasteiger partial charge in [0, 0.05) is 18.8 Å². The normalized spacial score (nSPS) is 15.2. The van der Waals surface area contributed by atoms with E-state index in [0.29, 0.717) is 0 Å². The third-order valence-electron chi connectivity index (χ3n) is 3.44. The van der Waals surface area contributed by atoms with Crippen molar-refractivity contribution in [3.63, 3.8) is 0 Å². The van der Waals surface area contributed by atoms with E-state index in [2.05, 4.69) is 21.1 Å². The average molecular weight is 267 g/mol. The third-order valence-corrected chi connectivity index (χ3v) is 4.14. The van der Waals surface area contributed by atoms with Crippen molar-refractivity contribution in [3.8, 4) is 0 Å². The molecule has 102 valence electrons. The molecule has 2 rings (SSSR count). The van der Waals surface area contributed by atoms with Gasteiger partial charge >= 0.3 is 0 Å². The van der Waals surface area contributed by atoms with Gasteiger partial charge in [0.15, 0.2) is 0 Å². The fourth-order valence-electron chi connectivity index (χ4n) is 2.22. The van der Waals surface area contributed by atoms with Gasteiger partial charge in [-0.2, -0.15) is 11.8 Å². The van der Waals surface area contributed by atoms with E-state index in [0.717, 1.165) is 19.1 Å². The molecule has 0 amide bonds. The van der Waals surface area contributed by atoms with Gasteiger partial charge in [-0.05, 0) is 44.2 Å². The van der Waals surface area contributed by atoms with Crippen molar-refractivity contribution < 1.29 is 0 Å². The Morgan fingerprint density at radius 3 is 2.94 bits per heavy atom. The predicted octanol–water partition coefficient (Wildman–Crippen LogP) is 3.23. The summed E-state index contributed by atoms with van der Waals surface area (Å²) in [6.45, 7) is 2.11. The fraction of sp³-hybridized carbons (Fsp3) is 0.786. The molecule has 0 atom stereocenters. The van der Waals surface area contributed by atoms with Crippen LogP contribution in [0.3, 0.4) is 0 Å². The van der Waals surface area contributed by atoms with Gasteiger partial charge in [0.2, 0.25) is 0 Å².